The van der Waals surface area contributed by atoms with Crippen LogP contribution >= 0.6 is 23.1 Å². The van der Waals surface area contributed by atoms with Crippen LogP contribution in [0.5, 0.6) is 0 Å². The first-order valence-electron chi connectivity index (χ1n) is 6.94. The van der Waals surface area contributed by atoms with E-state index in [0.717, 1.165) is 42.1 Å². The molecule has 4 nitrogen and oxygen atoms in total. The van der Waals surface area contributed by atoms with Crippen molar-refractivity contribution in [1.29, 1.82) is 0 Å². The van der Waals surface area contributed by atoms with Gasteiger partial charge in [0.2, 0.25) is 5.91 Å². The van der Waals surface area contributed by atoms with Crippen LogP contribution in [0.3, 0.4) is 0 Å². The van der Waals surface area contributed by atoms with Crippen molar-refractivity contribution in [2.24, 2.45) is 0 Å². The van der Waals surface area contributed by atoms with Crippen molar-refractivity contribution in [3.8, 4) is 0 Å². The fourth-order valence-electron chi connectivity index (χ4n) is 2.55. The third kappa shape index (κ3) is 4.46. The summed E-state index contributed by atoms with van der Waals surface area (Å²) in [4.78, 5) is 18.1. The number of carbonyl (C=O) groups excluding carboxylic acids is 1. The van der Waals surface area contributed by atoms with Crippen molar-refractivity contribution in [2.45, 2.75) is 44.0 Å². The van der Waals surface area contributed by atoms with Crippen molar-refractivity contribution in [2.75, 3.05) is 19.3 Å². The summed E-state index contributed by atoms with van der Waals surface area (Å²) in [5.74, 6) is 1.31. The second-order valence-electron chi connectivity index (χ2n) is 5.53. The number of rotatable bonds is 6. The van der Waals surface area contributed by atoms with E-state index in [4.69, 9.17) is 0 Å². The molecule has 1 aliphatic rings. The maximum absolute atomic E-state index is 12.0. The zero-order valence-electron chi connectivity index (χ0n) is 12.1. The van der Waals surface area contributed by atoms with E-state index in [1.165, 1.54) is 0 Å². The van der Waals surface area contributed by atoms with Crippen molar-refractivity contribution in [3.05, 3.63) is 16.1 Å². The highest BCUT2D eigenvalue weighted by atomic mass is 32.2. The van der Waals surface area contributed by atoms with Gasteiger partial charge in [0.25, 0.3) is 0 Å². The van der Waals surface area contributed by atoms with Gasteiger partial charge in [-0.05, 0) is 19.8 Å². The van der Waals surface area contributed by atoms with E-state index in [0.29, 0.717) is 12.3 Å². The normalized spacial score (nSPS) is 17.4. The predicted octanol–water partition coefficient (Wildman–Crippen LogP) is 2.45. The van der Waals surface area contributed by atoms with Crippen LogP contribution in [-0.4, -0.2) is 45.8 Å². The number of thioether (sulfide) groups is 1. The Morgan fingerprint density at radius 2 is 2.25 bits per heavy atom. The van der Waals surface area contributed by atoms with Crippen LogP contribution in [0.25, 0.3) is 0 Å². The molecule has 2 rings (SSSR count). The SMILES string of the molecule is Cc1nc(CSCC(=O)N(C)CC2(O)CCCC2)cs1. The summed E-state index contributed by atoms with van der Waals surface area (Å²) in [6, 6.07) is 0. The van der Waals surface area contributed by atoms with Gasteiger partial charge < -0.3 is 10.0 Å². The molecule has 1 heterocycles. The van der Waals surface area contributed by atoms with E-state index >= 15 is 0 Å². The van der Waals surface area contributed by atoms with Gasteiger partial charge in [0.15, 0.2) is 0 Å². The molecule has 0 saturated heterocycles. The molecule has 0 bridgehead atoms. The molecule has 20 heavy (non-hydrogen) atoms. The van der Waals surface area contributed by atoms with E-state index in [1.54, 1.807) is 35.0 Å². The first kappa shape index (κ1) is 15.8. The van der Waals surface area contributed by atoms with Gasteiger partial charge in [-0.3, -0.25) is 4.79 Å². The fraction of sp³-hybridized carbons (Fsp3) is 0.714. The summed E-state index contributed by atoms with van der Waals surface area (Å²) in [5, 5.41) is 13.4. The summed E-state index contributed by atoms with van der Waals surface area (Å²) in [6.07, 6.45) is 3.76. The Bertz CT molecular complexity index is 456. The Kier molecular flexibility index (Phi) is 5.46. The van der Waals surface area contributed by atoms with Gasteiger partial charge in [-0.1, -0.05) is 12.8 Å². The number of amides is 1. The van der Waals surface area contributed by atoms with E-state index in [-0.39, 0.29) is 5.91 Å². The molecule has 1 aromatic rings. The highest BCUT2D eigenvalue weighted by Gasteiger charge is 2.33. The Labute approximate surface area is 128 Å². The quantitative estimate of drug-likeness (QED) is 0.876. The van der Waals surface area contributed by atoms with Crippen LogP contribution in [0.1, 0.15) is 36.4 Å². The molecule has 0 radical (unpaired) electrons. The van der Waals surface area contributed by atoms with Crippen LogP contribution < -0.4 is 0 Å². The van der Waals surface area contributed by atoms with Crippen molar-refractivity contribution in [1.82, 2.24) is 9.88 Å². The molecular formula is C14H22N2O2S2. The molecule has 1 amide bonds. The largest absolute Gasteiger partial charge is 0.388 e. The number of aromatic nitrogens is 1. The van der Waals surface area contributed by atoms with Gasteiger partial charge in [0, 0.05) is 24.7 Å². The molecule has 0 aromatic carbocycles. The minimum Gasteiger partial charge on any atom is -0.388 e. The van der Waals surface area contributed by atoms with Gasteiger partial charge in [-0.25, -0.2) is 4.98 Å². The first-order valence-corrected chi connectivity index (χ1v) is 8.97. The summed E-state index contributed by atoms with van der Waals surface area (Å²) in [5.41, 5.74) is 0.392. The molecule has 0 spiro atoms. The number of nitrogens with zero attached hydrogens (tertiary/aromatic N) is 2. The fourth-order valence-corrected chi connectivity index (χ4v) is 4.12. The topological polar surface area (TPSA) is 53.4 Å². The molecule has 6 heteroatoms. The number of aliphatic hydroxyl groups is 1. The number of thiazole rings is 1. The maximum Gasteiger partial charge on any atom is 0.232 e. The smallest absolute Gasteiger partial charge is 0.232 e. The van der Waals surface area contributed by atoms with Crippen LogP contribution in [0, 0.1) is 6.92 Å². The molecule has 0 atom stereocenters. The van der Waals surface area contributed by atoms with E-state index in [1.807, 2.05) is 12.3 Å². The number of hydrogen-bond acceptors (Lipinski definition) is 5. The second kappa shape index (κ2) is 6.91. The summed E-state index contributed by atoms with van der Waals surface area (Å²) < 4.78 is 0. The molecule has 0 aliphatic heterocycles. The third-order valence-corrected chi connectivity index (χ3v) is 5.41. The maximum atomic E-state index is 12.0. The molecule has 1 fully saturated rings. The zero-order chi connectivity index (χ0) is 14.6. The lowest BCUT2D eigenvalue weighted by molar-refractivity contribution is -0.130. The predicted molar refractivity (Wildman–Crippen MR) is 84.1 cm³/mol. The lowest BCUT2D eigenvalue weighted by Gasteiger charge is -2.28. The number of aryl methyl sites for hydroxylation is 1. The van der Waals surface area contributed by atoms with E-state index in [2.05, 4.69) is 4.98 Å². The second-order valence-corrected chi connectivity index (χ2v) is 7.58. The van der Waals surface area contributed by atoms with Gasteiger partial charge >= 0.3 is 0 Å². The summed E-state index contributed by atoms with van der Waals surface area (Å²) in [7, 11) is 1.78. The molecule has 1 N–H and O–H groups in total. The summed E-state index contributed by atoms with van der Waals surface area (Å²) in [6.45, 7) is 2.45. The average Bonchev–Trinajstić information content (AvgIpc) is 2.98. The van der Waals surface area contributed by atoms with Crippen molar-refractivity contribution >= 4 is 29.0 Å². The Hall–Kier alpha value is -0.590. The van der Waals surface area contributed by atoms with Crippen LogP contribution in [0.2, 0.25) is 0 Å². The van der Waals surface area contributed by atoms with Gasteiger partial charge in [0.1, 0.15) is 0 Å². The molecule has 1 aliphatic carbocycles. The van der Waals surface area contributed by atoms with Gasteiger partial charge in [0.05, 0.1) is 22.1 Å². The highest BCUT2D eigenvalue weighted by molar-refractivity contribution is 7.99. The number of hydrogen-bond donors (Lipinski definition) is 1. The molecule has 112 valence electrons. The van der Waals surface area contributed by atoms with Gasteiger partial charge in [-0.15, -0.1) is 23.1 Å². The summed E-state index contributed by atoms with van der Waals surface area (Å²) >= 11 is 3.22. The lowest BCUT2D eigenvalue weighted by atomic mass is 10.0. The van der Waals surface area contributed by atoms with Crippen LogP contribution in [0.15, 0.2) is 5.38 Å². The Balaban J connectivity index is 1.71. The highest BCUT2D eigenvalue weighted by Crippen LogP contribution is 2.30. The molecule has 1 aromatic heterocycles. The zero-order valence-corrected chi connectivity index (χ0v) is 13.7. The van der Waals surface area contributed by atoms with Gasteiger partial charge in [-0.2, -0.15) is 0 Å². The standard InChI is InChI=1S/C14H22N2O2S2/c1-11-15-12(8-20-11)7-19-9-13(17)16(2)10-14(18)5-3-4-6-14/h8,18H,3-7,9-10H2,1-2H3. The van der Waals surface area contributed by atoms with Crippen molar-refractivity contribution < 1.29 is 9.90 Å². The first-order chi connectivity index (χ1) is 9.48. The van der Waals surface area contributed by atoms with Crippen LogP contribution in [0.4, 0.5) is 0 Å². The minimum absolute atomic E-state index is 0.0854. The van der Waals surface area contributed by atoms with E-state index < -0.39 is 5.60 Å². The average molecular weight is 314 g/mol. The Morgan fingerprint density at radius 1 is 1.55 bits per heavy atom. The van der Waals surface area contributed by atoms with E-state index in [9.17, 15) is 9.90 Å². The minimum atomic E-state index is -0.652. The van der Waals surface area contributed by atoms with Crippen LogP contribution in [-0.2, 0) is 10.5 Å². The monoisotopic (exact) mass is 314 g/mol. The molecule has 0 unspecified atom stereocenters. The third-order valence-electron chi connectivity index (χ3n) is 3.63. The molecular weight excluding hydrogens is 292 g/mol. The number of carbonyl (C=O) groups is 1. The Morgan fingerprint density at radius 3 is 2.85 bits per heavy atom. The van der Waals surface area contributed by atoms with Crippen molar-refractivity contribution in [3.63, 3.8) is 0 Å². The lowest BCUT2D eigenvalue weighted by Crippen LogP contribution is -2.42. The number of likely N-dealkylation sites (N-methyl/N-ethyl adjacent to an activating group) is 1. The molecule has 1 saturated carbocycles.